The minimum Gasteiger partial charge on any atom is -0.276 e. The van der Waals surface area contributed by atoms with E-state index in [4.69, 9.17) is 0 Å². The SMILES string of the molecule is CCCC(=O)N1C(=O)[C@H]2CC[C@]1(C)C2(C)C. The molecule has 3 nitrogen and oxygen atoms in total. The maximum absolute atomic E-state index is 12.2. The van der Waals surface area contributed by atoms with E-state index in [1.165, 1.54) is 0 Å². The summed E-state index contributed by atoms with van der Waals surface area (Å²) in [5.74, 6) is 0.140. The third-order valence-corrected chi connectivity index (χ3v) is 4.90. The number of hydrogen-bond donors (Lipinski definition) is 0. The van der Waals surface area contributed by atoms with E-state index >= 15 is 0 Å². The average molecular weight is 223 g/mol. The van der Waals surface area contributed by atoms with Gasteiger partial charge in [0.1, 0.15) is 0 Å². The molecular formula is C13H21NO2. The van der Waals surface area contributed by atoms with Crippen LogP contribution in [-0.4, -0.2) is 22.3 Å². The molecule has 2 atom stereocenters. The van der Waals surface area contributed by atoms with Gasteiger partial charge in [-0.1, -0.05) is 20.8 Å². The normalized spacial score (nSPS) is 35.9. The summed E-state index contributed by atoms with van der Waals surface area (Å²) in [5.41, 5.74) is -0.311. The van der Waals surface area contributed by atoms with Gasteiger partial charge in [-0.2, -0.15) is 0 Å². The zero-order valence-electron chi connectivity index (χ0n) is 10.7. The van der Waals surface area contributed by atoms with Crippen molar-refractivity contribution >= 4 is 11.8 Å². The molecular weight excluding hydrogens is 202 g/mol. The molecule has 2 bridgehead atoms. The molecule has 1 heterocycles. The van der Waals surface area contributed by atoms with Crippen LogP contribution in [0.3, 0.4) is 0 Å². The molecule has 0 radical (unpaired) electrons. The molecule has 0 aromatic heterocycles. The van der Waals surface area contributed by atoms with Crippen LogP contribution in [0.2, 0.25) is 0 Å². The number of fused-ring (bicyclic) bond motifs is 2. The van der Waals surface area contributed by atoms with E-state index in [1.807, 2.05) is 6.92 Å². The molecule has 16 heavy (non-hydrogen) atoms. The molecule has 3 heteroatoms. The second-order valence-corrected chi connectivity index (χ2v) is 5.90. The van der Waals surface area contributed by atoms with Crippen molar-refractivity contribution in [3.8, 4) is 0 Å². The Labute approximate surface area is 97.2 Å². The summed E-state index contributed by atoms with van der Waals surface area (Å²) < 4.78 is 0. The van der Waals surface area contributed by atoms with Gasteiger partial charge < -0.3 is 0 Å². The molecule has 0 spiro atoms. The van der Waals surface area contributed by atoms with Crippen LogP contribution in [0.5, 0.6) is 0 Å². The van der Waals surface area contributed by atoms with Gasteiger partial charge in [0.2, 0.25) is 11.8 Å². The van der Waals surface area contributed by atoms with Crippen LogP contribution >= 0.6 is 0 Å². The van der Waals surface area contributed by atoms with Gasteiger partial charge in [0.15, 0.2) is 0 Å². The Hall–Kier alpha value is -0.860. The molecule has 1 saturated heterocycles. The largest absolute Gasteiger partial charge is 0.276 e. The number of carbonyl (C=O) groups excluding carboxylic acids is 2. The van der Waals surface area contributed by atoms with Crippen molar-refractivity contribution in [2.24, 2.45) is 11.3 Å². The molecule has 2 rings (SSSR count). The first-order valence-electron chi connectivity index (χ1n) is 6.23. The minimum absolute atomic E-state index is 0.0188. The Balaban J connectivity index is 2.36. The van der Waals surface area contributed by atoms with Gasteiger partial charge in [-0.3, -0.25) is 14.5 Å². The van der Waals surface area contributed by atoms with Crippen LogP contribution in [0.15, 0.2) is 0 Å². The maximum atomic E-state index is 12.2. The summed E-state index contributed by atoms with van der Waals surface area (Å²) in [4.78, 5) is 25.8. The quantitative estimate of drug-likeness (QED) is 0.720. The van der Waals surface area contributed by atoms with Crippen LogP contribution in [0.1, 0.15) is 53.4 Å². The molecule has 0 aromatic rings. The highest BCUT2D eigenvalue weighted by Gasteiger charge is 2.66. The van der Waals surface area contributed by atoms with Crippen molar-refractivity contribution in [2.75, 3.05) is 0 Å². The summed E-state index contributed by atoms with van der Waals surface area (Å²) in [7, 11) is 0. The summed E-state index contributed by atoms with van der Waals surface area (Å²) in [6.45, 7) is 8.30. The Bertz CT molecular complexity index is 348. The van der Waals surface area contributed by atoms with Crippen LogP contribution in [0, 0.1) is 11.3 Å². The molecule has 1 aliphatic carbocycles. The first kappa shape index (κ1) is 11.6. The topological polar surface area (TPSA) is 37.4 Å². The number of likely N-dealkylation sites (tertiary alicyclic amines) is 1. The zero-order valence-corrected chi connectivity index (χ0v) is 10.7. The summed E-state index contributed by atoms with van der Waals surface area (Å²) in [6, 6.07) is 0. The number of carbonyl (C=O) groups is 2. The standard InChI is InChI=1S/C13H21NO2/c1-5-6-10(15)14-11(16)9-7-8-13(14,4)12(9,2)3/h9H,5-8H2,1-4H3/t9-,13-/m1/s1. The summed E-state index contributed by atoms with van der Waals surface area (Å²) in [6.07, 6.45) is 3.21. The Morgan fingerprint density at radius 3 is 2.50 bits per heavy atom. The molecule has 90 valence electrons. The molecule has 2 aliphatic rings. The fourth-order valence-corrected chi connectivity index (χ4v) is 3.44. The predicted molar refractivity (Wildman–Crippen MR) is 61.7 cm³/mol. The van der Waals surface area contributed by atoms with E-state index in [0.29, 0.717) is 6.42 Å². The van der Waals surface area contributed by atoms with Crippen molar-refractivity contribution in [2.45, 2.75) is 58.9 Å². The lowest BCUT2D eigenvalue weighted by Gasteiger charge is -2.40. The highest BCUT2D eigenvalue weighted by molar-refractivity contribution is 6.00. The lowest BCUT2D eigenvalue weighted by atomic mass is 9.75. The maximum Gasteiger partial charge on any atom is 0.233 e. The van der Waals surface area contributed by atoms with E-state index < -0.39 is 0 Å². The first-order chi connectivity index (χ1) is 7.36. The van der Waals surface area contributed by atoms with Crippen LogP contribution in [-0.2, 0) is 9.59 Å². The number of hydrogen-bond acceptors (Lipinski definition) is 2. The third kappa shape index (κ3) is 1.14. The molecule has 0 N–H and O–H groups in total. The van der Waals surface area contributed by atoms with E-state index in [1.54, 1.807) is 4.90 Å². The molecule has 2 fully saturated rings. The first-order valence-corrected chi connectivity index (χ1v) is 6.23. The zero-order chi connectivity index (χ0) is 12.1. The van der Waals surface area contributed by atoms with Gasteiger partial charge in [0.25, 0.3) is 0 Å². The number of rotatable bonds is 2. The van der Waals surface area contributed by atoms with Crippen LogP contribution < -0.4 is 0 Å². The number of amides is 2. The van der Waals surface area contributed by atoms with Gasteiger partial charge in [-0.05, 0) is 31.6 Å². The van der Waals surface area contributed by atoms with Crippen molar-refractivity contribution < 1.29 is 9.59 Å². The minimum atomic E-state index is -0.249. The lowest BCUT2D eigenvalue weighted by Crippen LogP contribution is -2.52. The fourth-order valence-electron chi connectivity index (χ4n) is 3.44. The molecule has 1 aliphatic heterocycles. The number of nitrogens with zero attached hydrogens (tertiary/aromatic N) is 1. The Kier molecular flexibility index (Phi) is 2.41. The Morgan fingerprint density at radius 2 is 2.06 bits per heavy atom. The van der Waals surface area contributed by atoms with Gasteiger partial charge in [0, 0.05) is 12.3 Å². The van der Waals surface area contributed by atoms with Crippen LogP contribution in [0.25, 0.3) is 0 Å². The highest BCUT2D eigenvalue weighted by atomic mass is 16.2. The van der Waals surface area contributed by atoms with E-state index in [0.717, 1.165) is 19.3 Å². The van der Waals surface area contributed by atoms with Gasteiger partial charge >= 0.3 is 0 Å². The smallest absolute Gasteiger partial charge is 0.233 e. The molecule has 1 saturated carbocycles. The van der Waals surface area contributed by atoms with E-state index in [-0.39, 0.29) is 28.7 Å². The second kappa shape index (κ2) is 3.31. The van der Waals surface area contributed by atoms with E-state index in [2.05, 4.69) is 20.8 Å². The van der Waals surface area contributed by atoms with Crippen molar-refractivity contribution in [1.82, 2.24) is 4.90 Å². The Morgan fingerprint density at radius 1 is 1.44 bits per heavy atom. The average Bonchev–Trinajstić information content (AvgIpc) is 2.46. The monoisotopic (exact) mass is 223 g/mol. The molecule has 0 aromatic carbocycles. The number of piperidine rings is 1. The van der Waals surface area contributed by atoms with Crippen molar-refractivity contribution in [1.29, 1.82) is 0 Å². The summed E-state index contributed by atoms with van der Waals surface area (Å²) in [5, 5.41) is 0. The molecule has 2 amide bonds. The fraction of sp³-hybridized carbons (Fsp3) is 0.846. The van der Waals surface area contributed by atoms with Gasteiger partial charge in [-0.15, -0.1) is 0 Å². The van der Waals surface area contributed by atoms with Crippen molar-refractivity contribution in [3.63, 3.8) is 0 Å². The van der Waals surface area contributed by atoms with E-state index in [9.17, 15) is 9.59 Å². The number of imide groups is 1. The predicted octanol–water partition coefficient (Wildman–Crippen LogP) is 2.35. The third-order valence-electron chi connectivity index (χ3n) is 4.90. The van der Waals surface area contributed by atoms with Gasteiger partial charge in [0.05, 0.1) is 5.54 Å². The molecule has 0 unspecified atom stereocenters. The summed E-state index contributed by atoms with van der Waals surface area (Å²) >= 11 is 0. The lowest BCUT2D eigenvalue weighted by molar-refractivity contribution is -0.150. The van der Waals surface area contributed by atoms with Crippen LogP contribution in [0.4, 0.5) is 0 Å². The second-order valence-electron chi connectivity index (χ2n) is 5.90. The van der Waals surface area contributed by atoms with Crippen molar-refractivity contribution in [3.05, 3.63) is 0 Å². The van der Waals surface area contributed by atoms with Gasteiger partial charge in [-0.25, -0.2) is 0 Å². The highest BCUT2D eigenvalue weighted by Crippen LogP contribution is 2.59.